The Kier molecular flexibility index (Phi) is 4.83. The average Bonchev–Trinajstić information content (AvgIpc) is 2.96. The molecular weight excluding hydrogens is 270 g/mol. The lowest BCUT2D eigenvalue weighted by Gasteiger charge is -2.30. The number of hydrogen-bond acceptors (Lipinski definition) is 4. The number of likely N-dealkylation sites (tertiary alicyclic amines) is 1. The van der Waals surface area contributed by atoms with E-state index in [1.807, 2.05) is 27.7 Å². The molecule has 1 N–H and O–H groups in total. The fourth-order valence-electron chi connectivity index (χ4n) is 3.64. The van der Waals surface area contributed by atoms with Gasteiger partial charge >= 0.3 is 6.09 Å². The summed E-state index contributed by atoms with van der Waals surface area (Å²) in [6, 6.07) is -0.294. The SMILES string of the molecule is CCOC(O)[C@@H]1CC2(CCCC2)CN1C(=O)OC(C)(C)C. The van der Waals surface area contributed by atoms with E-state index in [0.717, 1.165) is 19.3 Å². The first-order valence-electron chi connectivity index (χ1n) is 8.06. The predicted molar refractivity (Wildman–Crippen MR) is 79.9 cm³/mol. The molecule has 0 bridgehead atoms. The number of aliphatic hydroxyl groups excluding tert-OH is 1. The zero-order valence-corrected chi connectivity index (χ0v) is 13.7. The van der Waals surface area contributed by atoms with Gasteiger partial charge in [0, 0.05) is 13.2 Å². The van der Waals surface area contributed by atoms with Gasteiger partial charge in [0.2, 0.25) is 0 Å². The summed E-state index contributed by atoms with van der Waals surface area (Å²) < 4.78 is 10.8. The van der Waals surface area contributed by atoms with E-state index in [-0.39, 0.29) is 17.6 Å². The molecule has 1 saturated heterocycles. The molecule has 5 nitrogen and oxygen atoms in total. The van der Waals surface area contributed by atoms with Crippen LogP contribution in [0.15, 0.2) is 0 Å². The lowest BCUT2D eigenvalue weighted by Crippen LogP contribution is -2.46. The van der Waals surface area contributed by atoms with Crippen molar-refractivity contribution in [2.24, 2.45) is 5.41 Å². The molecule has 0 radical (unpaired) electrons. The third-order valence-corrected chi connectivity index (χ3v) is 4.51. The average molecular weight is 299 g/mol. The second-order valence-electron chi connectivity index (χ2n) is 7.43. The van der Waals surface area contributed by atoms with Crippen LogP contribution >= 0.6 is 0 Å². The van der Waals surface area contributed by atoms with Gasteiger partial charge in [0.15, 0.2) is 6.29 Å². The van der Waals surface area contributed by atoms with Gasteiger partial charge in [-0.1, -0.05) is 12.8 Å². The van der Waals surface area contributed by atoms with E-state index < -0.39 is 11.9 Å². The molecule has 1 spiro atoms. The molecule has 2 aliphatic rings. The Hall–Kier alpha value is -0.810. The Bertz CT molecular complexity index is 371. The van der Waals surface area contributed by atoms with Crippen molar-refractivity contribution in [3.8, 4) is 0 Å². The third-order valence-electron chi connectivity index (χ3n) is 4.51. The van der Waals surface area contributed by atoms with E-state index in [4.69, 9.17) is 9.47 Å². The smallest absolute Gasteiger partial charge is 0.410 e. The van der Waals surface area contributed by atoms with E-state index in [0.29, 0.717) is 13.2 Å². The summed E-state index contributed by atoms with van der Waals surface area (Å²) in [5, 5.41) is 10.2. The summed E-state index contributed by atoms with van der Waals surface area (Å²) in [4.78, 5) is 14.1. The van der Waals surface area contributed by atoms with Crippen LogP contribution < -0.4 is 0 Å². The maximum absolute atomic E-state index is 12.5. The van der Waals surface area contributed by atoms with Crippen molar-refractivity contribution in [1.29, 1.82) is 0 Å². The summed E-state index contributed by atoms with van der Waals surface area (Å²) in [5.41, 5.74) is -0.372. The molecule has 0 aromatic rings. The highest BCUT2D eigenvalue weighted by atomic mass is 16.6. The molecule has 21 heavy (non-hydrogen) atoms. The molecule has 2 fully saturated rings. The maximum Gasteiger partial charge on any atom is 0.410 e. The number of amides is 1. The van der Waals surface area contributed by atoms with Crippen LogP contribution in [0.1, 0.15) is 59.8 Å². The van der Waals surface area contributed by atoms with Gasteiger partial charge in [-0.2, -0.15) is 0 Å². The van der Waals surface area contributed by atoms with Crippen LogP contribution in [-0.4, -0.2) is 47.2 Å². The van der Waals surface area contributed by atoms with Gasteiger partial charge in [-0.05, 0) is 52.4 Å². The molecule has 1 amide bonds. The first-order chi connectivity index (χ1) is 9.76. The Morgan fingerprint density at radius 1 is 1.38 bits per heavy atom. The zero-order chi connectivity index (χ0) is 15.7. The molecule has 1 aliphatic carbocycles. The van der Waals surface area contributed by atoms with E-state index in [1.54, 1.807) is 4.90 Å². The highest BCUT2D eigenvalue weighted by Gasteiger charge is 2.50. The molecule has 1 unspecified atom stereocenters. The van der Waals surface area contributed by atoms with Crippen LogP contribution in [0.5, 0.6) is 0 Å². The molecule has 122 valence electrons. The monoisotopic (exact) mass is 299 g/mol. The van der Waals surface area contributed by atoms with Gasteiger partial charge in [-0.25, -0.2) is 4.79 Å². The van der Waals surface area contributed by atoms with Crippen molar-refractivity contribution in [1.82, 2.24) is 4.90 Å². The lowest BCUT2D eigenvalue weighted by molar-refractivity contribution is -0.132. The van der Waals surface area contributed by atoms with Crippen LogP contribution in [0.3, 0.4) is 0 Å². The van der Waals surface area contributed by atoms with Crippen molar-refractivity contribution < 1.29 is 19.4 Å². The molecule has 2 atom stereocenters. The quantitative estimate of drug-likeness (QED) is 0.814. The molecule has 2 rings (SSSR count). The van der Waals surface area contributed by atoms with Crippen molar-refractivity contribution in [2.75, 3.05) is 13.2 Å². The number of rotatable bonds is 3. The second kappa shape index (κ2) is 6.13. The molecular formula is C16H29NO4. The highest BCUT2D eigenvalue weighted by Crippen LogP contribution is 2.48. The standard InChI is InChI=1S/C16H29NO4/c1-5-20-13(18)12-10-16(8-6-7-9-16)11-17(12)14(19)21-15(2,3)4/h12-13,18H,5-11H2,1-4H3/t12-,13?/m0/s1. The topological polar surface area (TPSA) is 59.0 Å². The first kappa shape index (κ1) is 16.6. The Morgan fingerprint density at radius 3 is 2.52 bits per heavy atom. The van der Waals surface area contributed by atoms with E-state index >= 15 is 0 Å². The Balaban J connectivity index is 2.12. The zero-order valence-electron chi connectivity index (χ0n) is 13.7. The van der Waals surface area contributed by atoms with Gasteiger partial charge in [0.25, 0.3) is 0 Å². The van der Waals surface area contributed by atoms with E-state index in [1.165, 1.54) is 12.8 Å². The molecule has 1 heterocycles. The van der Waals surface area contributed by atoms with Crippen LogP contribution in [0.4, 0.5) is 4.79 Å². The molecule has 5 heteroatoms. The van der Waals surface area contributed by atoms with Crippen molar-refractivity contribution in [2.45, 2.75) is 77.7 Å². The highest BCUT2D eigenvalue weighted by molar-refractivity contribution is 5.69. The van der Waals surface area contributed by atoms with Crippen LogP contribution in [0.2, 0.25) is 0 Å². The molecule has 1 saturated carbocycles. The maximum atomic E-state index is 12.5. The largest absolute Gasteiger partial charge is 0.444 e. The number of aliphatic hydroxyl groups is 1. The van der Waals surface area contributed by atoms with Gasteiger partial charge in [0.05, 0.1) is 6.04 Å². The summed E-state index contributed by atoms with van der Waals surface area (Å²) in [7, 11) is 0. The summed E-state index contributed by atoms with van der Waals surface area (Å²) in [6.45, 7) is 8.55. The fourth-order valence-corrected chi connectivity index (χ4v) is 3.64. The van der Waals surface area contributed by atoms with Crippen molar-refractivity contribution in [3.63, 3.8) is 0 Å². The minimum absolute atomic E-state index is 0.152. The Labute approximate surface area is 127 Å². The summed E-state index contributed by atoms with van der Waals surface area (Å²) >= 11 is 0. The van der Waals surface area contributed by atoms with Gasteiger partial charge in [-0.15, -0.1) is 0 Å². The minimum atomic E-state index is -0.928. The first-order valence-corrected chi connectivity index (χ1v) is 8.06. The Morgan fingerprint density at radius 2 is 2.00 bits per heavy atom. The fraction of sp³-hybridized carbons (Fsp3) is 0.938. The summed E-state index contributed by atoms with van der Waals surface area (Å²) in [5.74, 6) is 0. The van der Waals surface area contributed by atoms with Gasteiger partial charge in [-0.3, -0.25) is 4.90 Å². The van der Waals surface area contributed by atoms with Crippen LogP contribution in [-0.2, 0) is 9.47 Å². The van der Waals surface area contributed by atoms with E-state index in [9.17, 15) is 9.90 Å². The van der Waals surface area contributed by atoms with Crippen molar-refractivity contribution >= 4 is 6.09 Å². The third kappa shape index (κ3) is 3.89. The number of carbonyl (C=O) groups is 1. The van der Waals surface area contributed by atoms with Crippen LogP contribution in [0.25, 0.3) is 0 Å². The number of ether oxygens (including phenoxy) is 2. The molecule has 0 aromatic carbocycles. The number of nitrogens with zero attached hydrogens (tertiary/aromatic N) is 1. The number of hydrogen-bond donors (Lipinski definition) is 1. The molecule has 1 aliphatic heterocycles. The lowest BCUT2D eigenvalue weighted by atomic mass is 9.84. The minimum Gasteiger partial charge on any atom is -0.444 e. The normalized spacial score (nSPS) is 26.3. The van der Waals surface area contributed by atoms with Gasteiger partial charge < -0.3 is 14.6 Å². The number of carbonyl (C=O) groups excluding carboxylic acids is 1. The van der Waals surface area contributed by atoms with Gasteiger partial charge in [0.1, 0.15) is 5.60 Å². The van der Waals surface area contributed by atoms with Crippen LogP contribution in [0, 0.1) is 5.41 Å². The second-order valence-corrected chi connectivity index (χ2v) is 7.43. The van der Waals surface area contributed by atoms with Crippen molar-refractivity contribution in [3.05, 3.63) is 0 Å². The van der Waals surface area contributed by atoms with E-state index in [2.05, 4.69) is 0 Å². The molecule has 0 aromatic heterocycles. The summed E-state index contributed by atoms with van der Waals surface area (Å²) in [6.07, 6.45) is 4.22. The predicted octanol–water partition coefficient (Wildman–Crippen LogP) is 2.91.